The van der Waals surface area contributed by atoms with Crippen molar-refractivity contribution in [3.8, 4) is 0 Å². The highest BCUT2D eigenvalue weighted by Gasteiger charge is 2.30. The number of hydrogen-bond acceptors (Lipinski definition) is 2. The van der Waals surface area contributed by atoms with Gasteiger partial charge in [-0.25, -0.2) is 0 Å². The van der Waals surface area contributed by atoms with E-state index in [2.05, 4.69) is 0 Å². The Morgan fingerprint density at radius 2 is 2.10 bits per heavy atom. The minimum absolute atomic E-state index is 0.482. The fourth-order valence-corrected chi connectivity index (χ4v) is 1.81. The molecule has 0 bridgehead atoms. The highest BCUT2D eigenvalue weighted by molar-refractivity contribution is 7.52. The maximum atomic E-state index is 10.6. The van der Waals surface area contributed by atoms with E-state index in [4.69, 9.17) is 14.5 Å². The summed E-state index contributed by atoms with van der Waals surface area (Å²) >= 11 is 0. The highest BCUT2D eigenvalue weighted by Crippen LogP contribution is 2.45. The molecule has 1 fully saturated rings. The van der Waals surface area contributed by atoms with E-state index in [0.717, 1.165) is 12.8 Å². The first-order valence-corrected chi connectivity index (χ1v) is 4.95. The molecule has 0 aromatic rings. The molecule has 0 amide bonds. The molecule has 1 aliphatic rings. The molecule has 1 aliphatic heterocycles. The second-order valence-electron chi connectivity index (χ2n) is 2.41. The summed E-state index contributed by atoms with van der Waals surface area (Å²) in [6, 6.07) is 0. The molecule has 0 aromatic heterocycles. The van der Waals surface area contributed by atoms with Gasteiger partial charge in [-0.2, -0.15) is 0 Å². The summed E-state index contributed by atoms with van der Waals surface area (Å²) in [5, 5.41) is 0. The molecule has 0 aliphatic carbocycles. The Hall–Kier alpha value is 0.110. The van der Waals surface area contributed by atoms with Crippen LogP contribution in [0.25, 0.3) is 0 Å². The van der Waals surface area contributed by atoms with Crippen LogP contribution in [0.2, 0.25) is 0 Å². The molecule has 0 radical (unpaired) electrons. The topological polar surface area (TPSA) is 66.8 Å². The zero-order chi connectivity index (χ0) is 7.61. The molecule has 1 rings (SSSR count). The fraction of sp³-hybridized carbons (Fsp3) is 1.00. The van der Waals surface area contributed by atoms with Gasteiger partial charge in [0, 0.05) is 6.61 Å². The standard InChI is InChI=1S/C5H11O4P/c6-10(7,8)5-3-1-2-4-9-5/h5H,1-4H2,(H2,6,7,8). The Morgan fingerprint density at radius 1 is 1.40 bits per heavy atom. The molecular weight excluding hydrogens is 155 g/mol. The van der Waals surface area contributed by atoms with Crippen molar-refractivity contribution in [3.05, 3.63) is 0 Å². The molecule has 0 spiro atoms. The van der Waals surface area contributed by atoms with E-state index in [1.165, 1.54) is 0 Å². The zero-order valence-electron chi connectivity index (χ0n) is 5.56. The average Bonchev–Trinajstić information content (AvgIpc) is 1.88. The van der Waals surface area contributed by atoms with E-state index in [0.29, 0.717) is 13.0 Å². The van der Waals surface area contributed by atoms with E-state index in [-0.39, 0.29) is 0 Å². The van der Waals surface area contributed by atoms with Crippen molar-refractivity contribution in [1.29, 1.82) is 0 Å². The monoisotopic (exact) mass is 166 g/mol. The summed E-state index contributed by atoms with van der Waals surface area (Å²) in [7, 11) is -3.96. The van der Waals surface area contributed by atoms with Crippen molar-refractivity contribution < 1.29 is 19.1 Å². The van der Waals surface area contributed by atoms with Gasteiger partial charge in [0.15, 0.2) is 5.85 Å². The number of rotatable bonds is 1. The first-order chi connectivity index (χ1) is 4.61. The van der Waals surface area contributed by atoms with Crippen molar-refractivity contribution in [2.24, 2.45) is 0 Å². The predicted molar refractivity (Wildman–Crippen MR) is 35.6 cm³/mol. The van der Waals surface area contributed by atoms with Gasteiger partial charge >= 0.3 is 7.60 Å². The van der Waals surface area contributed by atoms with Crippen LogP contribution in [0.5, 0.6) is 0 Å². The Balaban J connectivity index is 2.47. The summed E-state index contributed by atoms with van der Waals surface area (Å²) in [6.45, 7) is 0.482. The number of hydrogen-bond donors (Lipinski definition) is 2. The van der Waals surface area contributed by atoms with Crippen molar-refractivity contribution in [1.82, 2.24) is 0 Å². The quantitative estimate of drug-likeness (QED) is 0.562. The third-order valence-corrected chi connectivity index (χ3v) is 2.69. The maximum absolute atomic E-state index is 10.6. The Labute approximate surface area is 59.4 Å². The minimum Gasteiger partial charge on any atom is -0.366 e. The molecule has 1 unspecified atom stereocenters. The molecule has 5 heteroatoms. The predicted octanol–water partition coefficient (Wildman–Crippen LogP) is 0.691. The normalized spacial score (nSPS) is 28.4. The molecule has 10 heavy (non-hydrogen) atoms. The molecule has 1 saturated heterocycles. The van der Waals surface area contributed by atoms with Gasteiger partial charge < -0.3 is 14.5 Å². The van der Waals surface area contributed by atoms with Crippen molar-refractivity contribution in [3.63, 3.8) is 0 Å². The van der Waals surface area contributed by atoms with Gasteiger partial charge in [0.1, 0.15) is 0 Å². The van der Waals surface area contributed by atoms with Crippen LogP contribution >= 0.6 is 7.60 Å². The first-order valence-electron chi connectivity index (χ1n) is 3.27. The van der Waals surface area contributed by atoms with E-state index in [9.17, 15) is 4.57 Å². The number of ether oxygens (including phenoxy) is 1. The van der Waals surface area contributed by atoms with Crippen LogP contribution in [0.3, 0.4) is 0 Å². The highest BCUT2D eigenvalue weighted by atomic mass is 31.2. The molecule has 4 nitrogen and oxygen atoms in total. The van der Waals surface area contributed by atoms with Gasteiger partial charge in [-0.1, -0.05) is 0 Å². The van der Waals surface area contributed by atoms with Crippen molar-refractivity contribution in [2.75, 3.05) is 6.61 Å². The van der Waals surface area contributed by atoms with Crippen molar-refractivity contribution >= 4 is 7.60 Å². The third-order valence-electron chi connectivity index (χ3n) is 1.53. The molecule has 0 saturated carbocycles. The zero-order valence-corrected chi connectivity index (χ0v) is 6.46. The maximum Gasteiger partial charge on any atom is 0.354 e. The van der Waals surface area contributed by atoms with E-state index >= 15 is 0 Å². The second kappa shape index (κ2) is 3.01. The second-order valence-corrected chi connectivity index (χ2v) is 4.16. The lowest BCUT2D eigenvalue weighted by Crippen LogP contribution is -2.18. The lowest BCUT2D eigenvalue weighted by molar-refractivity contribution is 0.0494. The lowest BCUT2D eigenvalue weighted by atomic mass is 10.2. The van der Waals surface area contributed by atoms with Gasteiger partial charge in [0.25, 0.3) is 0 Å². The SMILES string of the molecule is O=P(O)(O)C1CCCCO1. The van der Waals surface area contributed by atoms with Gasteiger partial charge in [0.05, 0.1) is 0 Å². The van der Waals surface area contributed by atoms with E-state index in [1.807, 2.05) is 0 Å². The largest absolute Gasteiger partial charge is 0.366 e. The van der Waals surface area contributed by atoms with Gasteiger partial charge in [0.2, 0.25) is 0 Å². The summed E-state index contributed by atoms with van der Waals surface area (Å²) < 4.78 is 15.4. The van der Waals surface area contributed by atoms with Crippen LogP contribution in [0.15, 0.2) is 0 Å². The molecule has 1 atom stereocenters. The van der Waals surface area contributed by atoms with Crippen LogP contribution in [0.1, 0.15) is 19.3 Å². The van der Waals surface area contributed by atoms with Crippen LogP contribution in [-0.4, -0.2) is 22.2 Å². The molecular formula is C5H11O4P. The fourth-order valence-electron chi connectivity index (χ4n) is 0.989. The van der Waals surface area contributed by atoms with Gasteiger partial charge in [-0.3, -0.25) is 4.57 Å². The van der Waals surface area contributed by atoms with E-state index < -0.39 is 13.4 Å². The van der Waals surface area contributed by atoms with Crippen LogP contribution < -0.4 is 0 Å². The molecule has 2 N–H and O–H groups in total. The van der Waals surface area contributed by atoms with Crippen molar-refractivity contribution in [2.45, 2.75) is 25.1 Å². The first kappa shape index (κ1) is 8.21. The summed E-state index contributed by atoms with van der Waals surface area (Å²) in [5.74, 6) is -0.832. The smallest absolute Gasteiger partial charge is 0.354 e. The lowest BCUT2D eigenvalue weighted by Gasteiger charge is -2.22. The summed E-state index contributed by atoms with van der Waals surface area (Å²) in [4.78, 5) is 17.3. The van der Waals surface area contributed by atoms with Gasteiger partial charge in [-0.15, -0.1) is 0 Å². The van der Waals surface area contributed by atoms with Crippen LogP contribution in [-0.2, 0) is 9.30 Å². The van der Waals surface area contributed by atoms with Gasteiger partial charge in [-0.05, 0) is 19.3 Å². The van der Waals surface area contributed by atoms with Crippen LogP contribution in [0, 0.1) is 0 Å². The Bertz CT molecular complexity index is 146. The van der Waals surface area contributed by atoms with Crippen LogP contribution in [0.4, 0.5) is 0 Å². The summed E-state index contributed by atoms with van der Waals surface area (Å²) in [5.41, 5.74) is 0. The third kappa shape index (κ3) is 2.06. The molecule has 60 valence electrons. The Morgan fingerprint density at radius 3 is 2.40 bits per heavy atom. The molecule has 1 heterocycles. The summed E-state index contributed by atoms with van der Waals surface area (Å²) in [6.07, 6.45) is 2.26. The minimum atomic E-state index is -3.96. The molecule has 0 aromatic carbocycles. The van der Waals surface area contributed by atoms with E-state index in [1.54, 1.807) is 0 Å². The Kier molecular flexibility index (Phi) is 2.47. The average molecular weight is 166 g/mol.